The summed E-state index contributed by atoms with van der Waals surface area (Å²) in [7, 11) is 0. The zero-order chi connectivity index (χ0) is 15.7. The van der Waals surface area contributed by atoms with E-state index in [1.807, 2.05) is 19.1 Å². The fraction of sp³-hybridized carbons (Fsp3) is 0.412. The third-order valence-corrected chi connectivity index (χ3v) is 4.68. The monoisotopic (exact) mass is 319 g/mol. The Morgan fingerprint density at radius 2 is 2.14 bits per heavy atom. The molecule has 0 aromatic heterocycles. The van der Waals surface area contributed by atoms with Crippen molar-refractivity contribution in [2.45, 2.75) is 31.7 Å². The average Bonchev–Trinajstić information content (AvgIpc) is 3.09. The van der Waals surface area contributed by atoms with E-state index in [1.54, 1.807) is 0 Å². The molecule has 1 saturated heterocycles. The van der Waals surface area contributed by atoms with Gasteiger partial charge in [-0.1, -0.05) is 35.9 Å². The summed E-state index contributed by atoms with van der Waals surface area (Å²) in [5.74, 6) is 0.0907. The number of nitrogens with zero attached hydrogens (tertiary/aromatic N) is 1. The molecule has 4 nitrogen and oxygen atoms in total. The Bertz CT molecular complexity index is 641. The second-order valence-corrected chi connectivity index (χ2v) is 6.17. The lowest BCUT2D eigenvalue weighted by Gasteiger charge is -2.23. The molecular formula is C17H18ClNO3. The van der Waals surface area contributed by atoms with E-state index in [0.29, 0.717) is 13.0 Å². The lowest BCUT2D eigenvalue weighted by molar-refractivity contribution is -0.115. The number of halogens is 1. The second kappa shape index (κ2) is 6.13. The summed E-state index contributed by atoms with van der Waals surface area (Å²) in [5, 5.41) is -0.489. The number of fused-ring (bicyclic) bond motifs is 1. The van der Waals surface area contributed by atoms with E-state index < -0.39 is 17.4 Å². The van der Waals surface area contributed by atoms with Gasteiger partial charge in [0.2, 0.25) is 5.24 Å². The van der Waals surface area contributed by atoms with E-state index in [1.165, 1.54) is 21.6 Å². The molecule has 0 N–H and O–H groups in total. The molecule has 1 aromatic rings. The Kier molecular flexibility index (Phi) is 4.21. The van der Waals surface area contributed by atoms with Gasteiger partial charge in [-0.15, -0.1) is 0 Å². The summed E-state index contributed by atoms with van der Waals surface area (Å²) < 4.78 is 5.45. The minimum absolute atomic E-state index is 0.0907. The van der Waals surface area contributed by atoms with E-state index in [0.717, 1.165) is 6.42 Å². The highest BCUT2D eigenvalue weighted by molar-refractivity contribution is 6.64. The van der Waals surface area contributed by atoms with Crippen molar-refractivity contribution in [2.24, 2.45) is 0 Å². The number of hydrogen-bond acceptors (Lipinski definition) is 3. The molecule has 0 spiro atoms. The Morgan fingerprint density at radius 3 is 2.91 bits per heavy atom. The molecule has 1 aliphatic carbocycles. The number of hydrogen-bond donors (Lipinski definition) is 0. The quantitative estimate of drug-likeness (QED) is 0.800. The Hall–Kier alpha value is -1.81. The van der Waals surface area contributed by atoms with Crippen LogP contribution in [-0.2, 0) is 9.53 Å². The lowest BCUT2D eigenvalue weighted by Crippen LogP contribution is -2.39. The van der Waals surface area contributed by atoms with Crippen LogP contribution in [0.25, 0.3) is 6.08 Å². The maximum absolute atomic E-state index is 12.2. The van der Waals surface area contributed by atoms with Crippen LogP contribution in [0.2, 0.25) is 0 Å². The molecule has 1 heterocycles. The number of rotatable bonds is 3. The minimum atomic E-state index is -0.540. The van der Waals surface area contributed by atoms with Crippen LogP contribution in [-0.4, -0.2) is 35.4 Å². The van der Waals surface area contributed by atoms with Crippen LogP contribution in [0.3, 0.4) is 0 Å². The molecule has 1 aromatic carbocycles. The Balaban J connectivity index is 1.65. The van der Waals surface area contributed by atoms with Crippen molar-refractivity contribution >= 4 is 29.0 Å². The first-order valence-electron chi connectivity index (χ1n) is 7.48. The summed E-state index contributed by atoms with van der Waals surface area (Å²) in [6, 6.07) is 7.56. The Labute approximate surface area is 134 Å². The van der Waals surface area contributed by atoms with Crippen molar-refractivity contribution in [2.75, 3.05) is 13.2 Å². The largest absolute Gasteiger partial charge is 0.448 e. The summed E-state index contributed by atoms with van der Waals surface area (Å²) in [5.41, 5.74) is 3.54. The minimum Gasteiger partial charge on any atom is -0.448 e. The maximum Gasteiger partial charge on any atom is 0.410 e. The van der Waals surface area contributed by atoms with Gasteiger partial charge in [0.25, 0.3) is 0 Å². The zero-order valence-corrected chi connectivity index (χ0v) is 13.2. The Morgan fingerprint density at radius 1 is 1.36 bits per heavy atom. The molecule has 0 bridgehead atoms. The molecule has 1 amide bonds. The van der Waals surface area contributed by atoms with Crippen molar-refractivity contribution in [1.82, 2.24) is 4.90 Å². The van der Waals surface area contributed by atoms with Gasteiger partial charge in [0.1, 0.15) is 12.6 Å². The first-order valence-corrected chi connectivity index (χ1v) is 7.85. The van der Waals surface area contributed by atoms with Crippen LogP contribution in [0, 0.1) is 0 Å². The zero-order valence-electron chi connectivity index (χ0n) is 12.4. The molecule has 5 heteroatoms. The first-order chi connectivity index (χ1) is 10.6. The molecule has 2 unspecified atom stereocenters. The van der Waals surface area contributed by atoms with Gasteiger partial charge < -0.3 is 4.74 Å². The van der Waals surface area contributed by atoms with Crippen molar-refractivity contribution in [3.05, 3.63) is 41.0 Å². The smallest absolute Gasteiger partial charge is 0.410 e. The van der Waals surface area contributed by atoms with Gasteiger partial charge in [-0.2, -0.15) is 0 Å². The predicted molar refractivity (Wildman–Crippen MR) is 84.8 cm³/mol. The summed E-state index contributed by atoms with van der Waals surface area (Å²) >= 11 is 5.54. The first kappa shape index (κ1) is 15.1. The number of ether oxygens (including phenoxy) is 1. The van der Waals surface area contributed by atoms with Gasteiger partial charge in [-0.3, -0.25) is 9.69 Å². The third-order valence-electron chi connectivity index (χ3n) is 4.43. The van der Waals surface area contributed by atoms with Crippen LogP contribution in [0.1, 0.15) is 36.8 Å². The van der Waals surface area contributed by atoms with Crippen molar-refractivity contribution in [1.29, 1.82) is 0 Å². The molecule has 0 radical (unpaired) electrons. The number of benzene rings is 1. The van der Waals surface area contributed by atoms with Crippen LogP contribution in [0.15, 0.2) is 29.8 Å². The second-order valence-electron chi connectivity index (χ2n) is 5.80. The van der Waals surface area contributed by atoms with Crippen LogP contribution in [0.5, 0.6) is 0 Å². The summed E-state index contributed by atoms with van der Waals surface area (Å²) in [6.07, 6.45) is 3.06. The van der Waals surface area contributed by atoms with Crippen molar-refractivity contribution in [3.8, 4) is 0 Å². The van der Waals surface area contributed by atoms with Crippen molar-refractivity contribution in [3.63, 3.8) is 0 Å². The van der Waals surface area contributed by atoms with Gasteiger partial charge in [0, 0.05) is 12.5 Å². The van der Waals surface area contributed by atoms with E-state index in [-0.39, 0.29) is 12.5 Å². The lowest BCUT2D eigenvalue weighted by atomic mass is 9.98. The normalized spacial score (nSPS) is 23.2. The van der Waals surface area contributed by atoms with Gasteiger partial charge in [-0.05, 0) is 42.5 Å². The summed E-state index contributed by atoms with van der Waals surface area (Å²) in [6.45, 7) is 2.86. The standard InChI is InChI=1S/C17H18ClNO3/c1-11-9-12-5-2-3-6-13(12)14(11)10-22-17(21)19-8-4-7-15(19)16(18)20/h2-3,5-6,9,14-15H,4,7-8,10H2,1H3. The highest BCUT2D eigenvalue weighted by Crippen LogP contribution is 2.36. The van der Waals surface area contributed by atoms with Crippen molar-refractivity contribution < 1.29 is 14.3 Å². The van der Waals surface area contributed by atoms with E-state index in [4.69, 9.17) is 16.3 Å². The number of amides is 1. The molecule has 1 fully saturated rings. The van der Waals surface area contributed by atoms with Gasteiger partial charge >= 0.3 is 6.09 Å². The molecule has 1 aliphatic heterocycles. The van der Waals surface area contributed by atoms with Gasteiger partial charge in [-0.25, -0.2) is 4.79 Å². The average molecular weight is 320 g/mol. The molecule has 0 saturated carbocycles. The number of carbonyl (C=O) groups is 2. The van der Waals surface area contributed by atoms with Crippen LogP contribution < -0.4 is 0 Å². The fourth-order valence-corrected chi connectivity index (χ4v) is 3.46. The summed E-state index contributed by atoms with van der Waals surface area (Å²) in [4.78, 5) is 25.0. The molecule has 2 aliphatic rings. The number of carbonyl (C=O) groups excluding carboxylic acids is 2. The van der Waals surface area contributed by atoms with Gasteiger partial charge in [0.15, 0.2) is 0 Å². The molecule has 22 heavy (non-hydrogen) atoms. The number of likely N-dealkylation sites (tertiary alicyclic amines) is 1. The topological polar surface area (TPSA) is 46.6 Å². The maximum atomic E-state index is 12.2. The molecule has 3 rings (SSSR count). The van der Waals surface area contributed by atoms with E-state index >= 15 is 0 Å². The SMILES string of the molecule is CC1=Cc2ccccc2C1COC(=O)N1CCCC1C(=O)Cl. The van der Waals surface area contributed by atoms with E-state index in [2.05, 4.69) is 18.2 Å². The van der Waals surface area contributed by atoms with E-state index in [9.17, 15) is 9.59 Å². The highest BCUT2D eigenvalue weighted by Gasteiger charge is 2.34. The molecule has 116 valence electrons. The fourth-order valence-electron chi connectivity index (χ4n) is 3.23. The highest BCUT2D eigenvalue weighted by atomic mass is 35.5. The van der Waals surface area contributed by atoms with Crippen LogP contribution in [0.4, 0.5) is 4.79 Å². The molecular weight excluding hydrogens is 302 g/mol. The molecule has 2 atom stereocenters. The van der Waals surface area contributed by atoms with Crippen LogP contribution >= 0.6 is 11.6 Å². The van der Waals surface area contributed by atoms with Gasteiger partial charge in [0.05, 0.1) is 0 Å². The third kappa shape index (κ3) is 2.75. The predicted octanol–water partition coefficient (Wildman–Crippen LogP) is 3.55.